The molecule has 1 amide bonds. The Morgan fingerprint density at radius 1 is 1.63 bits per heavy atom. The molecule has 0 saturated heterocycles. The molecule has 1 heterocycles. The Hall–Kier alpha value is -2.08. The summed E-state index contributed by atoms with van der Waals surface area (Å²) in [7, 11) is 0. The van der Waals surface area contributed by atoms with Gasteiger partial charge in [0.25, 0.3) is 5.91 Å². The first-order valence-electron chi connectivity index (χ1n) is 5.88. The van der Waals surface area contributed by atoms with Crippen LogP contribution >= 0.6 is 0 Å². The molecule has 1 aromatic heterocycles. The predicted molar refractivity (Wildman–Crippen MR) is 68.0 cm³/mol. The molecule has 1 atom stereocenters. The van der Waals surface area contributed by atoms with E-state index in [1.165, 1.54) is 18.4 Å². The van der Waals surface area contributed by atoms with Gasteiger partial charge in [-0.1, -0.05) is 13.0 Å². The fraction of sp³-hybridized carbons (Fsp3) is 0.385. The molecule has 0 aliphatic heterocycles. The lowest BCUT2D eigenvalue weighted by Gasteiger charge is -2.14. The number of hydrogen-bond donors (Lipinski definition) is 2. The number of carbonyl (C=O) groups is 2. The van der Waals surface area contributed by atoms with Gasteiger partial charge in [0.1, 0.15) is 5.76 Å². The summed E-state index contributed by atoms with van der Waals surface area (Å²) < 4.78 is 10.2. The van der Waals surface area contributed by atoms with Crippen molar-refractivity contribution in [3.05, 3.63) is 36.3 Å². The minimum atomic E-state index is -1.15. The first-order chi connectivity index (χ1) is 9.10. The zero-order valence-electron chi connectivity index (χ0n) is 10.7. The Labute approximate surface area is 111 Å². The number of furan rings is 1. The van der Waals surface area contributed by atoms with E-state index in [0.29, 0.717) is 17.7 Å². The van der Waals surface area contributed by atoms with Gasteiger partial charge in [-0.2, -0.15) is 0 Å². The first kappa shape index (κ1) is 15.0. The van der Waals surface area contributed by atoms with E-state index in [9.17, 15) is 9.59 Å². The number of carboxylic acid groups (broad SMARTS) is 1. The number of amides is 1. The lowest BCUT2D eigenvalue weighted by molar-refractivity contribution is -0.140. The maximum Gasteiger partial charge on any atom is 0.328 e. The van der Waals surface area contributed by atoms with Crippen molar-refractivity contribution >= 4 is 11.9 Å². The van der Waals surface area contributed by atoms with E-state index in [0.717, 1.165) is 0 Å². The number of hydrogen-bond acceptors (Lipinski definition) is 4. The van der Waals surface area contributed by atoms with Gasteiger partial charge in [-0.05, 0) is 6.07 Å². The Morgan fingerprint density at radius 2 is 2.37 bits per heavy atom. The molecule has 1 rings (SSSR count). The Morgan fingerprint density at radius 3 is 2.95 bits per heavy atom. The summed E-state index contributed by atoms with van der Waals surface area (Å²) >= 11 is 0. The molecule has 1 aromatic rings. The SMILES string of the molecule is C=CCOCC(NC(=O)c1ccoc1CC)C(=O)O. The molecule has 0 aromatic carbocycles. The average molecular weight is 267 g/mol. The summed E-state index contributed by atoms with van der Waals surface area (Å²) in [6.45, 7) is 5.41. The Bertz CT molecular complexity index is 452. The third-order valence-electron chi connectivity index (χ3n) is 2.43. The molecule has 104 valence electrons. The summed E-state index contributed by atoms with van der Waals surface area (Å²) in [5.41, 5.74) is 0.345. The zero-order valence-corrected chi connectivity index (χ0v) is 10.7. The van der Waals surface area contributed by atoms with Gasteiger partial charge in [-0.3, -0.25) is 4.79 Å². The van der Waals surface area contributed by atoms with Crippen LogP contribution in [0.4, 0.5) is 0 Å². The van der Waals surface area contributed by atoms with E-state index < -0.39 is 17.9 Å². The van der Waals surface area contributed by atoms with Crippen LogP contribution in [0.5, 0.6) is 0 Å². The van der Waals surface area contributed by atoms with E-state index in [1.54, 1.807) is 0 Å². The molecule has 0 fully saturated rings. The van der Waals surface area contributed by atoms with Crippen LogP contribution in [-0.4, -0.2) is 36.2 Å². The van der Waals surface area contributed by atoms with Crippen LogP contribution in [0.25, 0.3) is 0 Å². The molecule has 6 nitrogen and oxygen atoms in total. The maximum absolute atomic E-state index is 11.9. The number of aliphatic carboxylic acids is 1. The number of aryl methyl sites for hydroxylation is 1. The molecule has 0 bridgehead atoms. The van der Waals surface area contributed by atoms with E-state index in [1.807, 2.05) is 6.92 Å². The number of carbonyl (C=O) groups excluding carboxylic acids is 1. The molecule has 19 heavy (non-hydrogen) atoms. The molecule has 0 spiro atoms. The van der Waals surface area contributed by atoms with Crippen molar-refractivity contribution in [2.45, 2.75) is 19.4 Å². The third-order valence-corrected chi connectivity index (χ3v) is 2.43. The highest BCUT2D eigenvalue weighted by Gasteiger charge is 2.22. The number of ether oxygens (including phenoxy) is 1. The first-order valence-corrected chi connectivity index (χ1v) is 5.88. The monoisotopic (exact) mass is 267 g/mol. The standard InChI is InChI=1S/C13H17NO5/c1-3-6-18-8-10(13(16)17)14-12(15)9-5-7-19-11(9)4-2/h3,5,7,10H,1,4,6,8H2,2H3,(H,14,15)(H,16,17). The second-order valence-electron chi connectivity index (χ2n) is 3.80. The van der Waals surface area contributed by atoms with Crippen molar-refractivity contribution in [1.29, 1.82) is 0 Å². The van der Waals surface area contributed by atoms with Crippen LogP contribution in [0.3, 0.4) is 0 Å². The molecule has 6 heteroatoms. The Kier molecular flexibility index (Phi) is 5.81. The number of carboxylic acids is 1. The zero-order chi connectivity index (χ0) is 14.3. The topological polar surface area (TPSA) is 88.8 Å². The van der Waals surface area contributed by atoms with Crippen molar-refractivity contribution in [2.75, 3.05) is 13.2 Å². The largest absolute Gasteiger partial charge is 0.480 e. The molecular weight excluding hydrogens is 250 g/mol. The lowest BCUT2D eigenvalue weighted by atomic mass is 10.2. The van der Waals surface area contributed by atoms with E-state index >= 15 is 0 Å². The normalized spacial score (nSPS) is 11.8. The molecular formula is C13H17NO5. The van der Waals surface area contributed by atoms with Crippen molar-refractivity contribution in [2.24, 2.45) is 0 Å². The minimum Gasteiger partial charge on any atom is -0.480 e. The number of rotatable bonds is 8. The predicted octanol–water partition coefficient (Wildman–Crippen LogP) is 1.23. The summed E-state index contributed by atoms with van der Waals surface area (Å²) in [5.74, 6) is -1.12. The minimum absolute atomic E-state index is 0.119. The van der Waals surface area contributed by atoms with Gasteiger partial charge in [-0.25, -0.2) is 4.79 Å². The van der Waals surface area contributed by atoms with Gasteiger partial charge < -0.3 is 19.6 Å². The van der Waals surface area contributed by atoms with Crippen LogP contribution in [0.1, 0.15) is 23.0 Å². The Balaban J connectivity index is 2.65. The highest BCUT2D eigenvalue weighted by atomic mass is 16.5. The summed E-state index contributed by atoms with van der Waals surface area (Å²) in [6, 6.07) is 0.407. The molecule has 0 aliphatic carbocycles. The molecule has 1 unspecified atom stereocenters. The molecule has 0 radical (unpaired) electrons. The van der Waals surface area contributed by atoms with Crippen LogP contribution < -0.4 is 5.32 Å². The van der Waals surface area contributed by atoms with E-state index in [-0.39, 0.29) is 13.2 Å². The summed E-state index contributed by atoms with van der Waals surface area (Å²) in [6.07, 6.45) is 3.46. The average Bonchev–Trinajstić information content (AvgIpc) is 2.85. The van der Waals surface area contributed by atoms with Crippen LogP contribution in [0.2, 0.25) is 0 Å². The highest BCUT2D eigenvalue weighted by molar-refractivity contribution is 5.97. The van der Waals surface area contributed by atoms with Crippen molar-refractivity contribution in [3.63, 3.8) is 0 Å². The van der Waals surface area contributed by atoms with E-state index in [2.05, 4.69) is 11.9 Å². The van der Waals surface area contributed by atoms with Gasteiger partial charge in [0.15, 0.2) is 6.04 Å². The van der Waals surface area contributed by atoms with Crippen LogP contribution in [0.15, 0.2) is 29.4 Å². The lowest BCUT2D eigenvalue weighted by Crippen LogP contribution is -2.44. The van der Waals surface area contributed by atoms with Crippen molar-refractivity contribution < 1.29 is 23.8 Å². The molecule has 0 aliphatic rings. The van der Waals surface area contributed by atoms with Crippen molar-refractivity contribution in [3.8, 4) is 0 Å². The smallest absolute Gasteiger partial charge is 0.328 e. The highest BCUT2D eigenvalue weighted by Crippen LogP contribution is 2.11. The van der Waals surface area contributed by atoms with Gasteiger partial charge in [0.2, 0.25) is 0 Å². The second-order valence-corrected chi connectivity index (χ2v) is 3.80. The maximum atomic E-state index is 11.9. The molecule has 2 N–H and O–H groups in total. The van der Waals surface area contributed by atoms with Crippen LogP contribution in [-0.2, 0) is 16.0 Å². The quantitative estimate of drug-likeness (QED) is 0.546. The van der Waals surface area contributed by atoms with E-state index in [4.69, 9.17) is 14.3 Å². The van der Waals surface area contributed by atoms with Gasteiger partial charge >= 0.3 is 5.97 Å². The molecule has 0 saturated carbocycles. The second kappa shape index (κ2) is 7.38. The third kappa shape index (κ3) is 4.26. The van der Waals surface area contributed by atoms with Crippen LogP contribution in [0, 0.1) is 0 Å². The van der Waals surface area contributed by atoms with Gasteiger partial charge in [0, 0.05) is 6.42 Å². The number of nitrogens with one attached hydrogen (secondary N) is 1. The summed E-state index contributed by atoms with van der Waals surface area (Å²) in [5, 5.41) is 11.4. The van der Waals surface area contributed by atoms with Gasteiger partial charge in [0.05, 0.1) is 25.0 Å². The fourth-order valence-electron chi connectivity index (χ4n) is 1.50. The van der Waals surface area contributed by atoms with Crippen molar-refractivity contribution in [1.82, 2.24) is 5.32 Å². The fourth-order valence-corrected chi connectivity index (χ4v) is 1.50. The van der Waals surface area contributed by atoms with Gasteiger partial charge in [-0.15, -0.1) is 6.58 Å². The summed E-state index contributed by atoms with van der Waals surface area (Å²) in [4.78, 5) is 22.9.